The number of benzene rings is 3. The van der Waals surface area contributed by atoms with Gasteiger partial charge in [-0.1, -0.05) is 86.6 Å². The van der Waals surface area contributed by atoms with Crippen LogP contribution >= 0.6 is 0 Å². The lowest BCUT2D eigenvalue weighted by molar-refractivity contribution is -0.142. The average Bonchev–Trinajstić information content (AvgIpc) is 3.59. The molecule has 3 aromatic carbocycles. The van der Waals surface area contributed by atoms with Crippen LogP contribution in [0.2, 0.25) is 0 Å². The maximum absolute atomic E-state index is 14.2. The van der Waals surface area contributed by atoms with E-state index in [0.717, 1.165) is 16.7 Å². The largest absolute Gasteiger partial charge is 0.487 e. The van der Waals surface area contributed by atoms with Crippen molar-refractivity contribution in [2.45, 2.75) is 69.8 Å². The molecule has 0 unspecified atom stereocenters. The number of fused-ring (bicyclic) bond motifs is 10. The monoisotopic (exact) mass is 651 g/mol. The van der Waals surface area contributed by atoms with E-state index < -0.39 is 48.0 Å². The van der Waals surface area contributed by atoms with Crippen molar-refractivity contribution in [2.75, 3.05) is 13.6 Å². The molecule has 2 bridgehead atoms. The van der Waals surface area contributed by atoms with E-state index in [9.17, 15) is 19.2 Å². The zero-order valence-corrected chi connectivity index (χ0v) is 27.7. The van der Waals surface area contributed by atoms with E-state index in [1.807, 2.05) is 86.6 Å². The van der Waals surface area contributed by atoms with Gasteiger partial charge < -0.3 is 30.9 Å². The van der Waals surface area contributed by atoms with Crippen molar-refractivity contribution < 1.29 is 23.9 Å². The first-order chi connectivity index (χ1) is 23.2. The summed E-state index contributed by atoms with van der Waals surface area (Å²) in [6.07, 6.45) is 4.38. The SMILES string of the molecule is CN[C@@H](Cc1ccccc1)C(=O)N1CCC[C@H]1C(=O)N[C@@H]1C(=O)N[C@@H](Cc2ccccc2)C(=O)N/C=C\c2ccc(cc2)O[C@H]1C(C)C. The van der Waals surface area contributed by atoms with E-state index >= 15 is 0 Å². The van der Waals surface area contributed by atoms with Crippen molar-refractivity contribution in [1.82, 2.24) is 26.2 Å². The predicted molar refractivity (Wildman–Crippen MR) is 185 cm³/mol. The van der Waals surface area contributed by atoms with E-state index in [2.05, 4.69) is 21.3 Å². The molecule has 3 aromatic rings. The normalized spacial score (nSPS) is 22.6. The Labute approximate surface area is 282 Å². The molecular formula is C38H45N5O5. The topological polar surface area (TPSA) is 129 Å². The molecule has 0 aliphatic carbocycles. The molecule has 252 valence electrons. The van der Waals surface area contributed by atoms with Gasteiger partial charge in [0.05, 0.1) is 6.04 Å². The number of nitrogens with one attached hydrogen (secondary N) is 4. The van der Waals surface area contributed by atoms with Gasteiger partial charge in [-0.15, -0.1) is 0 Å². The Bertz CT molecular complexity index is 1580. The number of ether oxygens (including phenoxy) is 1. The highest BCUT2D eigenvalue weighted by Gasteiger charge is 2.41. The highest BCUT2D eigenvalue weighted by molar-refractivity contribution is 5.95. The summed E-state index contributed by atoms with van der Waals surface area (Å²) >= 11 is 0. The highest BCUT2D eigenvalue weighted by atomic mass is 16.5. The zero-order valence-electron chi connectivity index (χ0n) is 27.7. The molecule has 3 heterocycles. The molecule has 1 fully saturated rings. The molecule has 0 spiro atoms. The molecule has 5 atom stereocenters. The molecular weight excluding hydrogens is 606 g/mol. The molecule has 4 N–H and O–H groups in total. The molecule has 4 amide bonds. The first-order valence-corrected chi connectivity index (χ1v) is 16.6. The quantitative estimate of drug-likeness (QED) is 0.281. The highest BCUT2D eigenvalue weighted by Crippen LogP contribution is 2.23. The van der Waals surface area contributed by atoms with Gasteiger partial charge in [0.2, 0.25) is 23.6 Å². The van der Waals surface area contributed by atoms with Crippen LogP contribution in [0, 0.1) is 5.92 Å². The molecule has 0 saturated carbocycles. The van der Waals surface area contributed by atoms with Gasteiger partial charge in [0.25, 0.3) is 0 Å². The van der Waals surface area contributed by atoms with Crippen LogP contribution in [0.1, 0.15) is 43.4 Å². The number of nitrogens with zero attached hydrogens (tertiary/aromatic N) is 1. The number of carbonyl (C=O) groups is 4. The Morgan fingerprint density at radius 1 is 0.917 bits per heavy atom. The lowest BCUT2D eigenvalue weighted by Crippen LogP contribution is -2.62. The molecule has 10 heteroatoms. The molecule has 3 aliphatic rings. The molecule has 6 rings (SSSR count). The summed E-state index contributed by atoms with van der Waals surface area (Å²) in [7, 11) is 1.74. The average molecular weight is 652 g/mol. The minimum absolute atomic E-state index is 0.168. The summed E-state index contributed by atoms with van der Waals surface area (Å²) in [5.74, 6) is -1.23. The second kappa shape index (κ2) is 16.2. The third-order valence-electron chi connectivity index (χ3n) is 8.90. The molecule has 10 nitrogen and oxygen atoms in total. The van der Waals surface area contributed by atoms with E-state index in [1.54, 1.807) is 36.4 Å². The Kier molecular flexibility index (Phi) is 11.6. The third-order valence-corrected chi connectivity index (χ3v) is 8.90. The summed E-state index contributed by atoms with van der Waals surface area (Å²) in [5, 5.41) is 11.8. The van der Waals surface area contributed by atoms with Crippen molar-refractivity contribution >= 4 is 29.7 Å². The number of rotatable bonds is 9. The minimum atomic E-state index is -1.16. The number of hydrogen-bond donors (Lipinski definition) is 4. The number of likely N-dealkylation sites (N-methyl/N-ethyl adjacent to an activating group) is 1. The number of carbonyl (C=O) groups excluding carboxylic acids is 4. The van der Waals surface area contributed by atoms with Crippen LogP contribution in [-0.2, 0) is 32.0 Å². The van der Waals surface area contributed by atoms with Crippen LogP contribution in [-0.4, -0.2) is 72.4 Å². The van der Waals surface area contributed by atoms with Crippen molar-refractivity contribution in [3.63, 3.8) is 0 Å². The third kappa shape index (κ3) is 8.68. The van der Waals surface area contributed by atoms with Gasteiger partial charge in [-0.25, -0.2) is 0 Å². The van der Waals surface area contributed by atoms with Gasteiger partial charge >= 0.3 is 0 Å². The van der Waals surface area contributed by atoms with Crippen molar-refractivity contribution in [1.29, 1.82) is 0 Å². The van der Waals surface area contributed by atoms with Crippen LogP contribution in [0.25, 0.3) is 6.08 Å². The molecule has 3 aliphatic heterocycles. The number of hydrogen-bond acceptors (Lipinski definition) is 6. The molecule has 0 radical (unpaired) electrons. The zero-order chi connectivity index (χ0) is 34.0. The summed E-state index contributed by atoms with van der Waals surface area (Å²) in [6.45, 7) is 4.26. The molecule has 48 heavy (non-hydrogen) atoms. The van der Waals surface area contributed by atoms with Gasteiger partial charge in [0.15, 0.2) is 0 Å². The summed E-state index contributed by atoms with van der Waals surface area (Å²) in [4.78, 5) is 57.2. The van der Waals surface area contributed by atoms with Gasteiger partial charge in [-0.05, 0) is 67.1 Å². The smallest absolute Gasteiger partial charge is 0.247 e. The van der Waals surface area contributed by atoms with Crippen molar-refractivity contribution in [3.05, 3.63) is 108 Å². The van der Waals surface area contributed by atoms with Crippen molar-refractivity contribution in [3.8, 4) is 5.75 Å². The lowest BCUT2D eigenvalue weighted by atomic mass is 9.96. The van der Waals surface area contributed by atoms with Gasteiger partial charge in [-0.3, -0.25) is 19.2 Å². The second-order valence-corrected chi connectivity index (χ2v) is 12.7. The first-order valence-electron chi connectivity index (χ1n) is 16.6. The maximum Gasteiger partial charge on any atom is 0.247 e. The first kappa shape index (κ1) is 34.4. The Balaban J connectivity index is 1.42. The Morgan fingerprint density at radius 2 is 1.58 bits per heavy atom. The van der Waals surface area contributed by atoms with E-state index in [0.29, 0.717) is 31.6 Å². The molecule has 0 aromatic heterocycles. The molecule has 1 saturated heterocycles. The number of likely N-dealkylation sites (tertiary alicyclic amines) is 1. The summed E-state index contributed by atoms with van der Waals surface area (Å²) in [5.41, 5.74) is 2.73. The van der Waals surface area contributed by atoms with Gasteiger partial charge in [0.1, 0.15) is 30.0 Å². The van der Waals surface area contributed by atoms with Crippen LogP contribution in [0.5, 0.6) is 5.75 Å². The Morgan fingerprint density at radius 3 is 2.23 bits per heavy atom. The minimum Gasteiger partial charge on any atom is -0.487 e. The van der Waals surface area contributed by atoms with Crippen LogP contribution in [0.4, 0.5) is 0 Å². The maximum atomic E-state index is 14.2. The summed E-state index contributed by atoms with van der Waals surface area (Å²) in [6, 6.07) is 23.1. The Hall–Kier alpha value is -4.96. The predicted octanol–water partition coefficient (Wildman–Crippen LogP) is 3.22. The fourth-order valence-electron chi connectivity index (χ4n) is 6.26. The fraction of sp³-hybridized carbons (Fsp3) is 0.368. The summed E-state index contributed by atoms with van der Waals surface area (Å²) < 4.78 is 6.41. The van der Waals surface area contributed by atoms with Crippen LogP contribution < -0.4 is 26.0 Å². The van der Waals surface area contributed by atoms with Crippen LogP contribution in [0.3, 0.4) is 0 Å². The van der Waals surface area contributed by atoms with Gasteiger partial charge in [-0.2, -0.15) is 0 Å². The standard InChI is InChI=1S/C38H45N5O5/c1-25(2)34-33(42-36(45)32-15-10-22-43(32)38(47)31(39-3)24-28-13-8-5-9-14-28)37(46)41-30(23-27-11-6-4-7-12-27)35(44)40-21-20-26-16-18-29(48-34)19-17-26/h4-9,11-14,16-21,25,30-34,39H,10,15,22-24H2,1-3H3,(H,40,44)(H,41,46)(H,42,45)/b21-20-/t30-,31-,32-,33-,34-/m0/s1. The lowest BCUT2D eigenvalue weighted by Gasteiger charge is -2.34. The van der Waals surface area contributed by atoms with Gasteiger partial charge in [0, 0.05) is 19.2 Å². The van der Waals surface area contributed by atoms with E-state index in [-0.39, 0.29) is 18.2 Å². The number of amides is 4. The van der Waals surface area contributed by atoms with Crippen molar-refractivity contribution in [2.24, 2.45) is 5.92 Å². The second-order valence-electron chi connectivity index (χ2n) is 12.7. The van der Waals surface area contributed by atoms with E-state index in [4.69, 9.17) is 4.74 Å². The fourth-order valence-corrected chi connectivity index (χ4v) is 6.26. The van der Waals surface area contributed by atoms with Crippen LogP contribution in [0.15, 0.2) is 91.1 Å². The van der Waals surface area contributed by atoms with E-state index in [1.165, 1.54) is 0 Å².